The lowest BCUT2D eigenvalue weighted by Crippen LogP contribution is -2.49. The molecule has 0 aromatic rings. The van der Waals surface area contributed by atoms with Crippen LogP contribution in [0.5, 0.6) is 0 Å². The van der Waals surface area contributed by atoms with Gasteiger partial charge in [-0.15, -0.1) is 0 Å². The highest BCUT2D eigenvalue weighted by Crippen LogP contribution is 2.30. The average Bonchev–Trinajstić information content (AvgIpc) is 2.71. The van der Waals surface area contributed by atoms with Gasteiger partial charge in [0.2, 0.25) is 11.8 Å². The SMILES string of the molecule is COCC(=O)N1CCN(C(=O)NC(C)C)C[C@@]2(CNC(=O)C2)C1. The summed E-state index contributed by atoms with van der Waals surface area (Å²) in [5.74, 6) is -0.146. The number of methoxy groups -OCH3 is 1. The minimum absolute atomic E-state index is 0.00957. The number of nitrogens with one attached hydrogen (secondary N) is 2. The largest absolute Gasteiger partial charge is 0.375 e. The molecule has 8 nitrogen and oxygen atoms in total. The van der Waals surface area contributed by atoms with Crippen LogP contribution in [0.1, 0.15) is 20.3 Å². The van der Waals surface area contributed by atoms with Gasteiger partial charge in [0.25, 0.3) is 0 Å². The summed E-state index contributed by atoms with van der Waals surface area (Å²) in [5.41, 5.74) is -0.425. The fourth-order valence-electron chi connectivity index (χ4n) is 3.17. The van der Waals surface area contributed by atoms with Gasteiger partial charge >= 0.3 is 6.03 Å². The molecule has 8 heteroatoms. The fourth-order valence-corrected chi connectivity index (χ4v) is 3.17. The second-order valence-electron chi connectivity index (χ2n) is 6.73. The molecule has 0 bridgehead atoms. The topological polar surface area (TPSA) is 91.0 Å². The predicted molar refractivity (Wildman–Crippen MR) is 83.8 cm³/mol. The van der Waals surface area contributed by atoms with E-state index in [2.05, 4.69) is 10.6 Å². The number of ether oxygens (including phenoxy) is 1. The molecular formula is C15H26N4O4. The zero-order chi connectivity index (χ0) is 17.0. The molecule has 1 spiro atoms. The Labute approximate surface area is 136 Å². The summed E-state index contributed by atoms with van der Waals surface area (Å²) >= 11 is 0. The quantitative estimate of drug-likeness (QED) is 0.725. The van der Waals surface area contributed by atoms with Gasteiger partial charge in [-0.3, -0.25) is 9.59 Å². The maximum absolute atomic E-state index is 12.4. The van der Waals surface area contributed by atoms with Crippen molar-refractivity contribution in [1.82, 2.24) is 20.4 Å². The molecule has 0 aromatic heterocycles. The monoisotopic (exact) mass is 326 g/mol. The van der Waals surface area contributed by atoms with E-state index in [1.165, 1.54) is 7.11 Å². The van der Waals surface area contributed by atoms with Crippen LogP contribution in [0.25, 0.3) is 0 Å². The number of carbonyl (C=O) groups excluding carboxylic acids is 3. The normalized spacial score (nSPS) is 24.8. The fraction of sp³-hybridized carbons (Fsp3) is 0.800. The molecule has 2 heterocycles. The lowest BCUT2D eigenvalue weighted by Gasteiger charge is -2.32. The first-order valence-corrected chi connectivity index (χ1v) is 7.94. The first-order valence-electron chi connectivity index (χ1n) is 7.94. The highest BCUT2D eigenvalue weighted by atomic mass is 16.5. The van der Waals surface area contributed by atoms with E-state index in [9.17, 15) is 14.4 Å². The molecule has 2 saturated heterocycles. The van der Waals surface area contributed by atoms with E-state index in [1.807, 2.05) is 13.8 Å². The molecule has 0 unspecified atom stereocenters. The van der Waals surface area contributed by atoms with E-state index in [4.69, 9.17) is 4.74 Å². The van der Waals surface area contributed by atoms with Crippen molar-refractivity contribution in [1.29, 1.82) is 0 Å². The Morgan fingerprint density at radius 2 is 1.96 bits per heavy atom. The van der Waals surface area contributed by atoms with Crippen LogP contribution in [0.15, 0.2) is 0 Å². The Morgan fingerprint density at radius 1 is 1.30 bits per heavy atom. The van der Waals surface area contributed by atoms with Crippen LogP contribution >= 0.6 is 0 Å². The second kappa shape index (κ2) is 7.16. The molecule has 2 aliphatic rings. The molecule has 0 saturated carbocycles. The number of carbonyl (C=O) groups is 3. The van der Waals surface area contributed by atoms with Crippen LogP contribution in [0.2, 0.25) is 0 Å². The van der Waals surface area contributed by atoms with E-state index in [0.29, 0.717) is 39.1 Å². The summed E-state index contributed by atoms with van der Waals surface area (Å²) in [4.78, 5) is 39.7. The minimum atomic E-state index is -0.425. The molecule has 0 aromatic carbocycles. The molecule has 2 aliphatic heterocycles. The van der Waals surface area contributed by atoms with Crippen molar-refractivity contribution in [2.45, 2.75) is 26.3 Å². The van der Waals surface area contributed by atoms with Crippen molar-refractivity contribution < 1.29 is 19.1 Å². The summed E-state index contributed by atoms with van der Waals surface area (Å²) in [5, 5.41) is 5.71. The van der Waals surface area contributed by atoms with Gasteiger partial charge in [-0.1, -0.05) is 0 Å². The molecule has 23 heavy (non-hydrogen) atoms. The molecule has 4 amide bonds. The van der Waals surface area contributed by atoms with Gasteiger partial charge in [0.1, 0.15) is 6.61 Å². The highest BCUT2D eigenvalue weighted by molar-refractivity contribution is 5.81. The summed E-state index contributed by atoms with van der Waals surface area (Å²) < 4.78 is 4.93. The van der Waals surface area contributed by atoms with E-state index >= 15 is 0 Å². The lowest BCUT2D eigenvalue weighted by molar-refractivity contribution is -0.136. The predicted octanol–water partition coefficient (Wildman–Crippen LogP) is -0.599. The zero-order valence-electron chi connectivity index (χ0n) is 14.1. The Bertz CT molecular complexity index is 482. The third-order valence-corrected chi connectivity index (χ3v) is 4.21. The maximum atomic E-state index is 12.4. The lowest BCUT2D eigenvalue weighted by atomic mass is 9.86. The Hall–Kier alpha value is -1.83. The molecule has 130 valence electrons. The van der Waals surface area contributed by atoms with Gasteiger partial charge in [0.05, 0.1) is 0 Å². The number of hydrogen-bond acceptors (Lipinski definition) is 4. The standard InChI is InChI=1S/C15H26N4O4/c1-11(2)17-14(22)19-5-4-18(13(21)7-23-3)9-15(10-19)6-12(20)16-8-15/h11H,4-10H2,1-3H3,(H,16,20)(H,17,22)/t15-/m0/s1. The van der Waals surface area contributed by atoms with Gasteiger partial charge < -0.3 is 25.2 Å². The van der Waals surface area contributed by atoms with Gasteiger partial charge in [-0.25, -0.2) is 4.79 Å². The number of amides is 4. The van der Waals surface area contributed by atoms with Crippen molar-refractivity contribution in [3.8, 4) is 0 Å². The van der Waals surface area contributed by atoms with Crippen LogP contribution < -0.4 is 10.6 Å². The Kier molecular flexibility index (Phi) is 5.46. The third-order valence-electron chi connectivity index (χ3n) is 4.21. The number of rotatable bonds is 3. The maximum Gasteiger partial charge on any atom is 0.317 e. The van der Waals surface area contributed by atoms with Crippen LogP contribution in [0, 0.1) is 5.41 Å². The van der Waals surface area contributed by atoms with Gasteiger partial charge in [0, 0.05) is 57.7 Å². The molecular weight excluding hydrogens is 300 g/mol. The zero-order valence-corrected chi connectivity index (χ0v) is 14.1. The van der Waals surface area contributed by atoms with E-state index in [-0.39, 0.29) is 30.5 Å². The molecule has 2 N–H and O–H groups in total. The van der Waals surface area contributed by atoms with Crippen molar-refractivity contribution in [3.05, 3.63) is 0 Å². The van der Waals surface area contributed by atoms with Crippen molar-refractivity contribution in [3.63, 3.8) is 0 Å². The Morgan fingerprint density at radius 3 is 2.52 bits per heavy atom. The summed E-state index contributed by atoms with van der Waals surface area (Å²) in [7, 11) is 1.48. The minimum Gasteiger partial charge on any atom is -0.375 e. The van der Waals surface area contributed by atoms with Crippen LogP contribution in [0.4, 0.5) is 4.79 Å². The molecule has 0 aliphatic carbocycles. The molecule has 2 fully saturated rings. The number of hydrogen-bond donors (Lipinski definition) is 2. The van der Waals surface area contributed by atoms with Crippen LogP contribution in [-0.2, 0) is 14.3 Å². The van der Waals surface area contributed by atoms with Gasteiger partial charge in [0.15, 0.2) is 0 Å². The average molecular weight is 326 g/mol. The second-order valence-corrected chi connectivity index (χ2v) is 6.73. The van der Waals surface area contributed by atoms with Gasteiger partial charge in [-0.2, -0.15) is 0 Å². The summed E-state index contributed by atoms with van der Waals surface area (Å²) in [6, 6.07) is -0.115. The smallest absolute Gasteiger partial charge is 0.317 e. The summed E-state index contributed by atoms with van der Waals surface area (Å²) in [6.07, 6.45) is 0.329. The van der Waals surface area contributed by atoms with E-state index < -0.39 is 5.41 Å². The molecule has 2 rings (SSSR count). The Balaban J connectivity index is 2.16. The van der Waals surface area contributed by atoms with E-state index in [1.54, 1.807) is 9.80 Å². The molecule has 0 radical (unpaired) electrons. The van der Waals surface area contributed by atoms with E-state index in [0.717, 1.165) is 0 Å². The summed E-state index contributed by atoms with van der Waals surface area (Å²) in [6.45, 7) is 6.11. The van der Waals surface area contributed by atoms with Crippen LogP contribution in [-0.4, -0.2) is 80.1 Å². The molecule has 1 atom stereocenters. The third kappa shape index (κ3) is 4.34. The highest BCUT2D eigenvalue weighted by Gasteiger charge is 2.44. The van der Waals surface area contributed by atoms with Gasteiger partial charge in [-0.05, 0) is 13.8 Å². The number of nitrogens with zero attached hydrogens (tertiary/aromatic N) is 2. The van der Waals surface area contributed by atoms with Crippen LogP contribution in [0.3, 0.4) is 0 Å². The van der Waals surface area contributed by atoms with Crippen molar-refractivity contribution >= 4 is 17.8 Å². The first kappa shape index (κ1) is 17.5. The first-order chi connectivity index (χ1) is 10.8. The number of urea groups is 1. The van der Waals surface area contributed by atoms with Crippen molar-refractivity contribution in [2.75, 3.05) is 46.4 Å². The van der Waals surface area contributed by atoms with Crippen molar-refractivity contribution in [2.24, 2.45) is 5.41 Å².